The van der Waals surface area contributed by atoms with Gasteiger partial charge in [0.15, 0.2) is 0 Å². The minimum atomic E-state index is -0.782. The number of ether oxygens (including phenoxy) is 1. The maximum atomic E-state index is 10.6. The van der Waals surface area contributed by atoms with Gasteiger partial charge in [-0.25, -0.2) is 0 Å². The molecule has 1 N–H and O–H groups in total. The van der Waals surface area contributed by atoms with E-state index < -0.39 is 5.97 Å². The summed E-state index contributed by atoms with van der Waals surface area (Å²) < 4.78 is 5.83. The highest BCUT2D eigenvalue weighted by Crippen LogP contribution is 2.40. The molecule has 0 aromatic rings. The lowest BCUT2D eigenvalue weighted by molar-refractivity contribution is -0.142. The molecule has 3 nitrogen and oxygen atoms in total. The molecule has 3 heteroatoms. The van der Waals surface area contributed by atoms with Gasteiger partial charge in [0, 0.05) is 0 Å². The van der Waals surface area contributed by atoms with Gasteiger partial charge in [0.05, 0.1) is 18.6 Å². The fourth-order valence-electron chi connectivity index (χ4n) is 2.98. The predicted octanol–water partition coefficient (Wildman–Crippen LogP) is 3.08. The van der Waals surface area contributed by atoms with Crippen molar-refractivity contribution in [2.24, 2.45) is 11.3 Å². The lowest BCUT2D eigenvalue weighted by Crippen LogP contribution is -2.34. The Morgan fingerprint density at radius 2 is 2.12 bits per heavy atom. The van der Waals surface area contributed by atoms with Crippen molar-refractivity contribution in [3.63, 3.8) is 0 Å². The van der Waals surface area contributed by atoms with Gasteiger partial charge in [-0.2, -0.15) is 0 Å². The van der Waals surface area contributed by atoms with E-state index in [0.717, 1.165) is 12.8 Å². The van der Waals surface area contributed by atoms with Crippen LogP contribution in [0.25, 0.3) is 0 Å². The van der Waals surface area contributed by atoms with Crippen molar-refractivity contribution >= 4 is 5.97 Å². The van der Waals surface area contributed by atoms with Crippen LogP contribution in [0.3, 0.4) is 0 Å². The molecule has 3 unspecified atom stereocenters. The van der Waals surface area contributed by atoms with Crippen molar-refractivity contribution < 1.29 is 14.6 Å². The fourth-order valence-corrected chi connectivity index (χ4v) is 2.98. The van der Waals surface area contributed by atoms with Crippen LogP contribution in [0.1, 0.15) is 53.4 Å². The first-order chi connectivity index (χ1) is 7.28. The smallest absolute Gasteiger partial charge is 0.305 e. The largest absolute Gasteiger partial charge is 0.481 e. The summed E-state index contributed by atoms with van der Waals surface area (Å²) in [5.41, 5.74) is 0.325. The summed E-state index contributed by atoms with van der Waals surface area (Å²) in [6, 6.07) is 0. The standard InChI is InChI=1S/C13H24O3/c1-9-5-11(8-13(3,4)7-9)16-10(2)6-12(14)15/h9-11H,5-8H2,1-4H3,(H,14,15). The quantitative estimate of drug-likeness (QED) is 0.804. The first-order valence-electron chi connectivity index (χ1n) is 6.16. The normalized spacial score (nSPS) is 31.0. The Balaban J connectivity index is 2.44. The lowest BCUT2D eigenvalue weighted by atomic mass is 9.71. The van der Waals surface area contributed by atoms with Crippen molar-refractivity contribution in [1.82, 2.24) is 0 Å². The van der Waals surface area contributed by atoms with E-state index in [4.69, 9.17) is 9.84 Å². The fraction of sp³-hybridized carbons (Fsp3) is 0.923. The molecule has 0 aliphatic heterocycles. The predicted molar refractivity (Wildman–Crippen MR) is 63.4 cm³/mol. The van der Waals surface area contributed by atoms with Gasteiger partial charge < -0.3 is 9.84 Å². The number of carboxylic acids is 1. The van der Waals surface area contributed by atoms with Crippen LogP contribution in [0, 0.1) is 11.3 Å². The highest BCUT2D eigenvalue weighted by molar-refractivity contribution is 5.67. The Labute approximate surface area is 98.2 Å². The van der Waals surface area contributed by atoms with E-state index in [1.54, 1.807) is 0 Å². The summed E-state index contributed by atoms with van der Waals surface area (Å²) in [4.78, 5) is 10.6. The summed E-state index contributed by atoms with van der Waals surface area (Å²) in [6.07, 6.45) is 3.50. The molecule has 3 atom stereocenters. The second kappa shape index (κ2) is 5.17. The highest BCUT2D eigenvalue weighted by Gasteiger charge is 2.33. The van der Waals surface area contributed by atoms with Crippen molar-refractivity contribution in [2.45, 2.75) is 65.6 Å². The average Bonchev–Trinajstić information content (AvgIpc) is 1.95. The summed E-state index contributed by atoms with van der Waals surface area (Å²) in [5.74, 6) is -0.110. The van der Waals surface area contributed by atoms with E-state index >= 15 is 0 Å². The summed E-state index contributed by atoms with van der Waals surface area (Å²) >= 11 is 0. The zero-order valence-corrected chi connectivity index (χ0v) is 10.8. The van der Waals surface area contributed by atoms with Gasteiger partial charge in [-0.05, 0) is 37.5 Å². The highest BCUT2D eigenvalue weighted by atomic mass is 16.5. The molecule has 94 valence electrons. The number of hydrogen-bond acceptors (Lipinski definition) is 2. The molecule has 0 saturated heterocycles. The lowest BCUT2D eigenvalue weighted by Gasteiger charge is -2.39. The van der Waals surface area contributed by atoms with E-state index in [-0.39, 0.29) is 18.6 Å². The minimum Gasteiger partial charge on any atom is -0.481 e. The van der Waals surface area contributed by atoms with E-state index in [1.165, 1.54) is 6.42 Å². The van der Waals surface area contributed by atoms with Crippen molar-refractivity contribution in [1.29, 1.82) is 0 Å². The van der Waals surface area contributed by atoms with Crippen LogP contribution in [-0.4, -0.2) is 23.3 Å². The molecule has 0 amide bonds. The van der Waals surface area contributed by atoms with Gasteiger partial charge in [-0.15, -0.1) is 0 Å². The van der Waals surface area contributed by atoms with Crippen LogP contribution in [0.5, 0.6) is 0 Å². The van der Waals surface area contributed by atoms with Crippen LogP contribution in [0.2, 0.25) is 0 Å². The monoisotopic (exact) mass is 228 g/mol. The van der Waals surface area contributed by atoms with Gasteiger partial charge in [0.2, 0.25) is 0 Å². The molecule has 0 aromatic heterocycles. The van der Waals surface area contributed by atoms with Crippen LogP contribution in [0.15, 0.2) is 0 Å². The van der Waals surface area contributed by atoms with Crippen molar-refractivity contribution in [2.75, 3.05) is 0 Å². The molecular weight excluding hydrogens is 204 g/mol. The molecule has 0 spiro atoms. The molecular formula is C13H24O3. The van der Waals surface area contributed by atoms with Gasteiger partial charge in [-0.1, -0.05) is 20.8 Å². The topological polar surface area (TPSA) is 46.5 Å². The Morgan fingerprint density at radius 3 is 2.62 bits per heavy atom. The number of aliphatic carboxylic acids is 1. The second-order valence-electron chi connectivity index (χ2n) is 6.08. The van der Waals surface area contributed by atoms with Gasteiger partial charge in [0.25, 0.3) is 0 Å². The molecule has 0 bridgehead atoms. The van der Waals surface area contributed by atoms with E-state index in [9.17, 15) is 4.79 Å². The first kappa shape index (κ1) is 13.5. The Hall–Kier alpha value is -0.570. The molecule has 16 heavy (non-hydrogen) atoms. The second-order valence-corrected chi connectivity index (χ2v) is 6.08. The maximum Gasteiger partial charge on any atom is 0.305 e. The number of rotatable bonds is 4. The third kappa shape index (κ3) is 4.52. The first-order valence-corrected chi connectivity index (χ1v) is 6.16. The molecule has 0 radical (unpaired) electrons. The molecule has 1 fully saturated rings. The van der Waals surface area contributed by atoms with Crippen molar-refractivity contribution in [3.05, 3.63) is 0 Å². The van der Waals surface area contributed by atoms with Gasteiger partial charge >= 0.3 is 5.97 Å². The molecule has 0 aromatic carbocycles. The Bertz CT molecular complexity index is 248. The minimum absolute atomic E-state index is 0.102. The third-order valence-electron chi connectivity index (χ3n) is 3.23. The average molecular weight is 228 g/mol. The zero-order chi connectivity index (χ0) is 12.3. The summed E-state index contributed by atoms with van der Waals surface area (Å²) in [5, 5.41) is 8.69. The SMILES string of the molecule is CC1CC(OC(C)CC(=O)O)CC(C)(C)C1. The number of hydrogen-bond donors (Lipinski definition) is 1. The zero-order valence-electron chi connectivity index (χ0n) is 10.8. The molecule has 0 heterocycles. The van der Waals surface area contributed by atoms with Crippen LogP contribution in [0.4, 0.5) is 0 Å². The van der Waals surface area contributed by atoms with Crippen LogP contribution < -0.4 is 0 Å². The van der Waals surface area contributed by atoms with Crippen molar-refractivity contribution in [3.8, 4) is 0 Å². The number of carbonyl (C=O) groups is 1. The molecule has 1 aliphatic carbocycles. The maximum absolute atomic E-state index is 10.6. The molecule has 1 rings (SSSR count). The number of carboxylic acid groups (broad SMARTS) is 1. The summed E-state index contributed by atoms with van der Waals surface area (Å²) in [7, 11) is 0. The summed E-state index contributed by atoms with van der Waals surface area (Å²) in [6.45, 7) is 8.63. The molecule has 1 aliphatic rings. The van der Waals surface area contributed by atoms with E-state index in [1.807, 2.05) is 6.92 Å². The molecule has 1 saturated carbocycles. The Kier molecular flexibility index (Phi) is 4.36. The van der Waals surface area contributed by atoms with E-state index in [0.29, 0.717) is 11.3 Å². The van der Waals surface area contributed by atoms with Crippen LogP contribution >= 0.6 is 0 Å². The Morgan fingerprint density at radius 1 is 1.50 bits per heavy atom. The third-order valence-corrected chi connectivity index (χ3v) is 3.23. The van der Waals surface area contributed by atoms with E-state index in [2.05, 4.69) is 20.8 Å². The van der Waals surface area contributed by atoms with Gasteiger partial charge in [0.1, 0.15) is 0 Å². The van der Waals surface area contributed by atoms with Gasteiger partial charge in [-0.3, -0.25) is 4.79 Å². The van der Waals surface area contributed by atoms with Crippen LogP contribution in [-0.2, 0) is 9.53 Å².